The lowest BCUT2D eigenvalue weighted by molar-refractivity contribution is 0.252. The molecule has 1 fully saturated rings. The number of hydrogen-bond acceptors (Lipinski definition) is 6. The second kappa shape index (κ2) is 5.90. The van der Waals surface area contributed by atoms with E-state index in [1.54, 1.807) is 10.8 Å². The van der Waals surface area contributed by atoms with E-state index in [0.29, 0.717) is 0 Å². The van der Waals surface area contributed by atoms with Gasteiger partial charge in [-0.3, -0.25) is 4.90 Å². The summed E-state index contributed by atoms with van der Waals surface area (Å²) >= 11 is 1.84. The summed E-state index contributed by atoms with van der Waals surface area (Å²) in [6.45, 7) is 9.39. The van der Waals surface area contributed by atoms with Crippen LogP contribution in [0, 0.1) is 13.8 Å². The molecule has 4 rings (SSSR count). The molecule has 1 saturated heterocycles. The normalized spacial score (nSPS) is 16.3. The highest BCUT2D eigenvalue weighted by atomic mass is 32.1. The standard InChI is InChI=1S/C16H20N6S/c1-12-13(2)19-22-11-17-18-16(22)15(12)21-7-5-20(6-8-21)10-14-4-3-9-23-14/h3-4,9,11H,5-8,10H2,1-2H3. The first-order chi connectivity index (χ1) is 11.2. The molecule has 1 aliphatic heterocycles. The molecule has 0 aromatic carbocycles. The van der Waals surface area contributed by atoms with E-state index in [2.05, 4.69) is 49.5 Å². The predicted octanol–water partition coefficient (Wildman–Crippen LogP) is 2.12. The fraction of sp³-hybridized carbons (Fsp3) is 0.438. The first kappa shape index (κ1) is 14.6. The lowest BCUT2D eigenvalue weighted by Crippen LogP contribution is -2.46. The van der Waals surface area contributed by atoms with Crippen LogP contribution in [0.3, 0.4) is 0 Å². The maximum Gasteiger partial charge on any atom is 0.201 e. The van der Waals surface area contributed by atoms with Crippen LogP contribution in [-0.2, 0) is 6.54 Å². The van der Waals surface area contributed by atoms with Crippen molar-refractivity contribution in [3.63, 3.8) is 0 Å². The average molecular weight is 328 g/mol. The van der Waals surface area contributed by atoms with Gasteiger partial charge in [0.25, 0.3) is 0 Å². The highest BCUT2D eigenvalue weighted by molar-refractivity contribution is 7.09. The third-order valence-electron chi connectivity index (χ3n) is 4.55. The molecule has 7 heteroatoms. The Morgan fingerprint density at radius 3 is 2.74 bits per heavy atom. The van der Waals surface area contributed by atoms with E-state index < -0.39 is 0 Å². The number of thiophene rings is 1. The van der Waals surface area contributed by atoms with Gasteiger partial charge in [-0.2, -0.15) is 9.61 Å². The third kappa shape index (κ3) is 2.70. The van der Waals surface area contributed by atoms with E-state index in [4.69, 9.17) is 0 Å². The average Bonchev–Trinajstić information content (AvgIpc) is 3.21. The van der Waals surface area contributed by atoms with Crippen molar-refractivity contribution in [3.8, 4) is 0 Å². The number of anilines is 1. The number of fused-ring (bicyclic) bond motifs is 1. The first-order valence-corrected chi connectivity index (χ1v) is 8.77. The van der Waals surface area contributed by atoms with Gasteiger partial charge in [0.15, 0.2) is 0 Å². The molecule has 0 saturated carbocycles. The summed E-state index contributed by atoms with van der Waals surface area (Å²) in [5, 5.41) is 15.0. The van der Waals surface area contributed by atoms with Crippen molar-refractivity contribution in [2.24, 2.45) is 0 Å². The minimum Gasteiger partial charge on any atom is -0.366 e. The summed E-state index contributed by atoms with van der Waals surface area (Å²) in [7, 11) is 0. The molecular formula is C16H20N6S. The largest absolute Gasteiger partial charge is 0.366 e. The van der Waals surface area contributed by atoms with Crippen molar-refractivity contribution < 1.29 is 0 Å². The van der Waals surface area contributed by atoms with Gasteiger partial charge >= 0.3 is 0 Å². The highest BCUT2D eigenvalue weighted by Crippen LogP contribution is 2.27. The van der Waals surface area contributed by atoms with E-state index in [-0.39, 0.29) is 0 Å². The molecule has 0 spiro atoms. The van der Waals surface area contributed by atoms with E-state index in [0.717, 1.165) is 44.1 Å². The molecule has 0 aliphatic carbocycles. The van der Waals surface area contributed by atoms with Gasteiger partial charge in [0.2, 0.25) is 5.65 Å². The van der Waals surface area contributed by atoms with Gasteiger partial charge < -0.3 is 4.90 Å². The van der Waals surface area contributed by atoms with Crippen LogP contribution in [0.4, 0.5) is 5.69 Å². The van der Waals surface area contributed by atoms with Crippen molar-refractivity contribution in [2.45, 2.75) is 20.4 Å². The van der Waals surface area contributed by atoms with Gasteiger partial charge in [0.05, 0.1) is 11.4 Å². The fourth-order valence-corrected chi connectivity index (χ4v) is 3.91. The maximum absolute atomic E-state index is 4.51. The van der Waals surface area contributed by atoms with Gasteiger partial charge in [0.1, 0.15) is 6.33 Å². The number of rotatable bonds is 3. The molecule has 0 unspecified atom stereocenters. The van der Waals surface area contributed by atoms with Crippen LogP contribution in [0.15, 0.2) is 23.8 Å². The number of hydrogen-bond donors (Lipinski definition) is 0. The zero-order valence-corrected chi connectivity index (χ0v) is 14.3. The molecule has 4 heterocycles. The molecule has 0 atom stereocenters. The van der Waals surface area contributed by atoms with Gasteiger partial charge in [-0.15, -0.1) is 21.5 Å². The van der Waals surface area contributed by atoms with Crippen molar-refractivity contribution in [1.82, 2.24) is 24.7 Å². The molecule has 6 nitrogen and oxygen atoms in total. The minimum absolute atomic E-state index is 0.861. The van der Waals surface area contributed by atoms with Crippen molar-refractivity contribution >= 4 is 22.7 Å². The Hall–Kier alpha value is -1.99. The smallest absolute Gasteiger partial charge is 0.201 e. The maximum atomic E-state index is 4.51. The fourth-order valence-electron chi connectivity index (χ4n) is 3.17. The Morgan fingerprint density at radius 1 is 1.17 bits per heavy atom. The molecule has 1 aliphatic rings. The van der Waals surface area contributed by atoms with E-state index >= 15 is 0 Å². The molecular weight excluding hydrogens is 308 g/mol. The second-order valence-corrected chi connectivity index (χ2v) is 7.03. The topological polar surface area (TPSA) is 49.6 Å². The quantitative estimate of drug-likeness (QED) is 0.737. The van der Waals surface area contributed by atoms with Gasteiger partial charge in [-0.25, -0.2) is 0 Å². The number of aromatic nitrogens is 4. The monoisotopic (exact) mass is 328 g/mol. The SMILES string of the molecule is Cc1nn2cnnc2c(N2CCN(Cc3cccs3)CC2)c1C. The Bertz CT molecular complexity index is 801. The first-order valence-electron chi connectivity index (χ1n) is 7.89. The molecule has 0 amide bonds. The van der Waals surface area contributed by atoms with Crippen LogP contribution in [0.25, 0.3) is 5.65 Å². The third-order valence-corrected chi connectivity index (χ3v) is 5.41. The number of piperazine rings is 1. The molecule has 0 N–H and O–H groups in total. The molecule has 0 radical (unpaired) electrons. The van der Waals surface area contributed by atoms with E-state index in [9.17, 15) is 0 Å². The molecule has 3 aromatic heterocycles. The summed E-state index contributed by atoms with van der Waals surface area (Å²) in [5.41, 5.74) is 4.29. The zero-order chi connectivity index (χ0) is 15.8. The van der Waals surface area contributed by atoms with Gasteiger partial charge in [-0.05, 0) is 30.9 Å². The minimum atomic E-state index is 0.861. The predicted molar refractivity (Wildman–Crippen MR) is 92.1 cm³/mol. The van der Waals surface area contributed by atoms with E-state index in [1.807, 2.05) is 18.3 Å². The highest BCUT2D eigenvalue weighted by Gasteiger charge is 2.23. The molecule has 3 aromatic rings. The Balaban J connectivity index is 1.54. The summed E-state index contributed by atoms with van der Waals surface area (Å²) in [6, 6.07) is 4.34. The van der Waals surface area contributed by atoms with Crippen LogP contribution in [0.1, 0.15) is 16.1 Å². The summed E-state index contributed by atoms with van der Waals surface area (Å²) in [4.78, 5) is 6.39. The molecule has 120 valence electrons. The Labute approximate surface area is 139 Å². The summed E-state index contributed by atoms with van der Waals surface area (Å²) in [6.07, 6.45) is 1.68. The summed E-state index contributed by atoms with van der Waals surface area (Å²) < 4.78 is 1.79. The second-order valence-electron chi connectivity index (χ2n) is 6.00. The summed E-state index contributed by atoms with van der Waals surface area (Å²) in [5.74, 6) is 0. The molecule has 23 heavy (non-hydrogen) atoms. The van der Waals surface area contributed by atoms with Crippen molar-refractivity contribution in [2.75, 3.05) is 31.1 Å². The van der Waals surface area contributed by atoms with E-state index in [1.165, 1.54) is 16.1 Å². The Kier molecular flexibility index (Phi) is 3.74. The van der Waals surface area contributed by atoms with Crippen LogP contribution < -0.4 is 4.90 Å². The van der Waals surface area contributed by atoms with Crippen LogP contribution in [-0.4, -0.2) is 50.9 Å². The van der Waals surface area contributed by atoms with Gasteiger partial charge in [0, 0.05) is 37.6 Å². The van der Waals surface area contributed by atoms with Crippen LogP contribution in [0.5, 0.6) is 0 Å². The molecule has 0 bridgehead atoms. The van der Waals surface area contributed by atoms with Crippen molar-refractivity contribution in [3.05, 3.63) is 40.0 Å². The number of aryl methyl sites for hydroxylation is 1. The number of nitrogens with zero attached hydrogens (tertiary/aromatic N) is 6. The van der Waals surface area contributed by atoms with Gasteiger partial charge in [-0.1, -0.05) is 6.07 Å². The lowest BCUT2D eigenvalue weighted by Gasteiger charge is -2.36. The van der Waals surface area contributed by atoms with Crippen molar-refractivity contribution in [1.29, 1.82) is 0 Å². The Morgan fingerprint density at radius 2 is 2.00 bits per heavy atom. The van der Waals surface area contributed by atoms with Crippen LogP contribution in [0.2, 0.25) is 0 Å². The zero-order valence-electron chi connectivity index (χ0n) is 13.4. The van der Waals surface area contributed by atoms with Crippen LogP contribution >= 0.6 is 11.3 Å². The lowest BCUT2D eigenvalue weighted by atomic mass is 10.1.